The zero-order chi connectivity index (χ0) is 43.4. The average molecular weight is 821 g/mol. The molecule has 57 heavy (non-hydrogen) atoms. The van der Waals surface area contributed by atoms with Gasteiger partial charge in [-0.05, 0) is 55.1 Å². The highest BCUT2D eigenvalue weighted by Crippen LogP contribution is 2.13. The van der Waals surface area contributed by atoms with E-state index < -0.39 is 108 Å². The van der Waals surface area contributed by atoms with Crippen molar-refractivity contribution in [3.05, 3.63) is 35.9 Å². The van der Waals surface area contributed by atoms with Gasteiger partial charge >= 0.3 is 5.97 Å². The first-order valence-corrected chi connectivity index (χ1v) is 20.8. The molecule has 0 radical (unpaired) electrons. The fourth-order valence-electron chi connectivity index (χ4n) is 5.66. The van der Waals surface area contributed by atoms with Gasteiger partial charge in [-0.3, -0.25) is 33.6 Å². The monoisotopic (exact) mass is 820 g/mol. The number of carboxylic acids is 1. The lowest BCUT2D eigenvalue weighted by Crippen LogP contribution is -2.61. The molecule has 0 aromatic heterocycles. The van der Waals surface area contributed by atoms with E-state index in [9.17, 15) is 43.5 Å². The van der Waals surface area contributed by atoms with Gasteiger partial charge in [-0.15, -0.1) is 0 Å². The number of thioether (sulfide) groups is 1. The molecular formula is C39H64N8O9S. The van der Waals surface area contributed by atoms with Gasteiger partial charge in [0.05, 0.1) is 12.5 Å². The van der Waals surface area contributed by atoms with Crippen LogP contribution in [0.4, 0.5) is 0 Å². The lowest BCUT2D eigenvalue weighted by Gasteiger charge is -2.29. The van der Waals surface area contributed by atoms with E-state index >= 15 is 0 Å². The van der Waals surface area contributed by atoms with Crippen LogP contribution in [0, 0.1) is 17.8 Å². The van der Waals surface area contributed by atoms with Gasteiger partial charge in [0, 0.05) is 6.42 Å². The fraction of sp³-hybridized carbons (Fsp3) is 0.641. The van der Waals surface area contributed by atoms with Crippen LogP contribution in [0.3, 0.4) is 0 Å². The van der Waals surface area contributed by atoms with Crippen molar-refractivity contribution in [1.82, 2.24) is 31.9 Å². The van der Waals surface area contributed by atoms with Gasteiger partial charge in [0.15, 0.2) is 0 Å². The molecule has 0 bridgehead atoms. The molecule has 0 unspecified atom stereocenters. The van der Waals surface area contributed by atoms with Crippen molar-refractivity contribution in [1.29, 1.82) is 0 Å². The van der Waals surface area contributed by atoms with Crippen molar-refractivity contribution in [3.8, 4) is 0 Å². The van der Waals surface area contributed by atoms with E-state index in [1.54, 1.807) is 51.1 Å². The van der Waals surface area contributed by atoms with Gasteiger partial charge in [0.2, 0.25) is 41.4 Å². The highest BCUT2D eigenvalue weighted by Gasteiger charge is 2.35. The molecule has 0 fully saturated rings. The van der Waals surface area contributed by atoms with Gasteiger partial charge in [-0.2, -0.15) is 11.8 Å². The number of rotatable bonds is 26. The van der Waals surface area contributed by atoms with Gasteiger partial charge in [-0.25, -0.2) is 4.79 Å². The standard InChI is InChI=1S/C39H64N8O9S/c1-9-22(5)31(38(54)45-29(39(55)56)18-21(3)4)46-33(49)24(7)42-35(51)27(19-25-14-12-11-13-15-25)44-37(53)32(23(6)10-2)47-36(52)28(20-30(41)48)43-34(50)26(40)16-17-57-8/h11-15,21-24,26-29,31-32H,9-10,16-20,40H2,1-8H3,(H2,41,48)(H,42,51)(H,43,50)(H,44,53)(H,45,54)(H,46,49)(H,47,52)(H,55,56)/t22-,23-,24-,26-,27-,28-,29-,31-,32-/m0/s1. The number of hydrogen-bond acceptors (Lipinski definition) is 10. The van der Waals surface area contributed by atoms with Crippen LogP contribution < -0.4 is 43.4 Å². The molecule has 9 atom stereocenters. The van der Waals surface area contributed by atoms with Crippen LogP contribution in [0.15, 0.2) is 30.3 Å². The van der Waals surface area contributed by atoms with E-state index in [1.165, 1.54) is 18.7 Å². The van der Waals surface area contributed by atoms with E-state index in [2.05, 4.69) is 31.9 Å². The van der Waals surface area contributed by atoms with Crippen molar-refractivity contribution in [2.24, 2.45) is 29.2 Å². The normalized spacial score (nSPS) is 15.9. The Kier molecular flexibility index (Phi) is 22.5. The number of nitrogens with one attached hydrogen (secondary N) is 6. The zero-order valence-corrected chi connectivity index (χ0v) is 35.2. The molecule has 18 heteroatoms. The van der Waals surface area contributed by atoms with Crippen LogP contribution in [-0.4, -0.2) is 107 Å². The predicted octanol–water partition coefficient (Wildman–Crippen LogP) is 0.337. The predicted molar refractivity (Wildman–Crippen MR) is 218 cm³/mol. The molecule has 0 aliphatic carbocycles. The van der Waals surface area contributed by atoms with Crippen LogP contribution in [0.2, 0.25) is 0 Å². The molecule has 11 N–H and O–H groups in total. The van der Waals surface area contributed by atoms with Crippen LogP contribution in [-0.2, 0) is 44.8 Å². The third kappa shape index (κ3) is 18.0. The molecule has 0 aliphatic rings. The van der Waals surface area contributed by atoms with Crippen LogP contribution in [0.25, 0.3) is 0 Å². The Balaban J connectivity index is 3.31. The topological polar surface area (TPSA) is 281 Å². The molecule has 0 spiro atoms. The smallest absolute Gasteiger partial charge is 0.326 e. The number of carbonyl (C=O) groups is 8. The first-order chi connectivity index (χ1) is 26.7. The molecule has 1 aromatic rings. The first kappa shape index (κ1) is 50.3. The summed E-state index contributed by atoms with van der Waals surface area (Å²) in [5.41, 5.74) is 12.0. The molecule has 0 saturated heterocycles. The van der Waals surface area contributed by atoms with Crippen molar-refractivity contribution in [3.63, 3.8) is 0 Å². The Hall–Kier alpha value is -4.71. The SMILES string of the molecule is CC[C@H](C)[C@H](NC(=O)[C@H](C)NC(=O)[C@H](Cc1ccccc1)NC(=O)[C@@H](NC(=O)[C@H](CC(N)=O)NC(=O)[C@@H](N)CCSC)[C@@H](C)CC)C(=O)N[C@@H](CC(C)C)C(=O)O. The Bertz CT molecular complexity index is 1520. The van der Waals surface area contributed by atoms with Crippen molar-refractivity contribution < 1.29 is 43.5 Å². The lowest BCUT2D eigenvalue weighted by atomic mass is 9.96. The maximum Gasteiger partial charge on any atom is 0.326 e. The second-order valence-corrected chi connectivity index (χ2v) is 15.9. The summed E-state index contributed by atoms with van der Waals surface area (Å²) in [4.78, 5) is 105. The second-order valence-electron chi connectivity index (χ2n) is 14.9. The van der Waals surface area contributed by atoms with Crippen molar-refractivity contribution in [2.45, 2.75) is 129 Å². The number of amides is 7. The minimum Gasteiger partial charge on any atom is -0.480 e. The quantitative estimate of drug-likeness (QED) is 0.0615. The van der Waals surface area contributed by atoms with Gasteiger partial charge in [0.25, 0.3) is 0 Å². The molecule has 0 aliphatic heterocycles. The van der Waals surface area contributed by atoms with Crippen molar-refractivity contribution >= 4 is 59.1 Å². The number of hydrogen-bond donors (Lipinski definition) is 9. The van der Waals surface area contributed by atoms with E-state index in [0.717, 1.165) is 0 Å². The first-order valence-electron chi connectivity index (χ1n) is 19.4. The van der Waals surface area contributed by atoms with Gasteiger partial charge < -0.3 is 48.5 Å². The van der Waals surface area contributed by atoms with Crippen LogP contribution >= 0.6 is 11.8 Å². The van der Waals surface area contributed by atoms with E-state index in [4.69, 9.17) is 11.5 Å². The van der Waals surface area contributed by atoms with Gasteiger partial charge in [0.1, 0.15) is 36.3 Å². The third-order valence-corrected chi connectivity index (χ3v) is 10.2. The van der Waals surface area contributed by atoms with E-state index in [0.29, 0.717) is 30.6 Å². The minimum atomic E-state index is -1.43. The molecule has 17 nitrogen and oxygen atoms in total. The summed E-state index contributed by atoms with van der Waals surface area (Å²) in [6, 6.07) is 0.437. The fourth-order valence-corrected chi connectivity index (χ4v) is 6.15. The molecule has 7 amide bonds. The number of carbonyl (C=O) groups excluding carboxylic acids is 7. The van der Waals surface area contributed by atoms with Crippen LogP contribution in [0.1, 0.15) is 86.1 Å². The highest BCUT2D eigenvalue weighted by atomic mass is 32.2. The lowest BCUT2D eigenvalue weighted by molar-refractivity contribution is -0.143. The van der Waals surface area contributed by atoms with Crippen molar-refractivity contribution in [2.75, 3.05) is 12.0 Å². The molecule has 0 saturated carbocycles. The number of aliphatic carboxylic acids is 1. The number of carboxylic acid groups (broad SMARTS) is 1. The minimum absolute atomic E-state index is 0.00740. The Morgan fingerprint density at radius 2 is 1.16 bits per heavy atom. The van der Waals surface area contributed by atoms with Crippen LogP contribution in [0.5, 0.6) is 0 Å². The summed E-state index contributed by atoms with van der Waals surface area (Å²) >= 11 is 1.48. The summed E-state index contributed by atoms with van der Waals surface area (Å²) in [5, 5.41) is 25.2. The Morgan fingerprint density at radius 1 is 0.667 bits per heavy atom. The van der Waals surface area contributed by atoms with E-state index in [-0.39, 0.29) is 18.8 Å². The number of benzene rings is 1. The second kappa shape index (κ2) is 25.5. The maximum absolute atomic E-state index is 14.0. The summed E-state index contributed by atoms with van der Waals surface area (Å²) in [7, 11) is 0. The molecule has 1 aromatic carbocycles. The highest BCUT2D eigenvalue weighted by molar-refractivity contribution is 7.98. The summed E-state index contributed by atoms with van der Waals surface area (Å²) in [6.45, 7) is 12.1. The summed E-state index contributed by atoms with van der Waals surface area (Å²) in [5.74, 6) is -6.79. The third-order valence-electron chi connectivity index (χ3n) is 9.58. The molecule has 0 heterocycles. The van der Waals surface area contributed by atoms with E-state index in [1.807, 2.05) is 27.0 Å². The summed E-state index contributed by atoms with van der Waals surface area (Å²) in [6.07, 6.45) is 2.67. The Labute approximate surface area is 340 Å². The van der Waals surface area contributed by atoms with Gasteiger partial charge in [-0.1, -0.05) is 84.7 Å². The summed E-state index contributed by atoms with van der Waals surface area (Å²) < 4.78 is 0. The molecule has 320 valence electrons. The number of primary amides is 1. The average Bonchev–Trinajstić information content (AvgIpc) is 3.15. The number of nitrogens with two attached hydrogens (primary N) is 2. The Morgan fingerprint density at radius 3 is 1.63 bits per heavy atom. The molecule has 1 rings (SSSR count). The zero-order valence-electron chi connectivity index (χ0n) is 34.4. The maximum atomic E-state index is 14.0. The largest absolute Gasteiger partial charge is 0.480 e. The molecular weight excluding hydrogens is 757 g/mol.